The molecule has 82 valence electrons. The average molecular weight is 234 g/mol. The van der Waals surface area contributed by atoms with E-state index >= 15 is 0 Å². The Morgan fingerprint density at radius 3 is 2.56 bits per heavy atom. The summed E-state index contributed by atoms with van der Waals surface area (Å²) in [5.74, 6) is 1.14. The van der Waals surface area contributed by atoms with Crippen molar-refractivity contribution in [3.8, 4) is 0 Å². The van der Waals surface area contributed by atoms with Crippen LogP contribution < -0.4 is 5.32 Å². The number of rotatable bonds is 3. The number of aryl methyl sites for hydroxylation is 1. The van der Waals surface area contributed by atoms with Crippen LogP contribution in [0.2, 0.25) is 0 Å². The highest BCUT2D eigenvalue weighted by Crippen LogP contribution is 2.14. The van der Waals surface area contributed by atoms with Crippen molar-refractivity contribution >= 4 is 23.2 Å². The fourth-order valence-corrected chi connectivity index (χ4v) is 1.49. The van der Waals surface area contributed by atoms with Gasteiger partial charge in [-0.3, -0.25) is 0 Å². The lowest BCUT2D eigenvalue weighted by molar-refractivity contribution is 1.10. The lowest BCUT2D eigenvalue weighted by Crippen LogP contribution is -1.97. The van der Waals surface area contributed by atoms with E-state index in [1.807, 2.05) is 37.3 Å². The molecule has 0 atom stereocenters. The number of hydrogen-bond acceptors (Lipinski definition) is 3. The van der Waals surface area contributed by atoms with E-state index in [0.717, 1.165) is 16.9 Å². The van der Waals surface area contributed by atoms with E-state index in [9.17, 15) is 0 Å². The molecule has 1 aromatic carbocycles. The maximum Gasteiger partial charge on any atom is 0.227 e. The molecular formula is C12H12ClN3. The van der Waals surface area contributed by atoms with Crippen LogP contribution in [0.4, 0.5) is 11.6 Å². The lowest BCUT2D eigenvalue weighted by atomic mass is 10.2. The second-order valence-corrected chi connectivity index (χ2v) is 3.74. The van der Waals surface area contributed by atoms with Gasteiger partial charge in [0.15, 0.2) is 0 Å². The molecule has 2 rings (SSSR count). The third-order valence-corrected chi connectivity index (χ3v) is 2.47. The van der Waals surface area contributed by atoms with Crippen LogP contribution >= 0.6 is 11.6 Å². The van der Waals surface area contributed by atoms with Crippen molar-refractivity contribution in [3.63, 3.8) is 0 Å². The summed E-state index contributed by atoms with van der Waals surface area (Å²) in [6.07, 6.45) is 1.73. The first-order chi connectivity index (χ1) is 7.78. The molecule has 1 N–H and O–H groups in total. The van der Waals surface area contributed by atoms with Crippen LogP contribution in [-0.4, -0.2) is 9.97 Å². The van der Waals surface area contributed by atoms with Crippen molar-refractivity contribution in [2.75, 3.05) is 5.32 Å². The number of benzene rings is 1. The number of aromatic nitrogens is 2. The van der Waals surface area contributed by atoms with Gasteiger partial charge in [-0.2, -0.15) is 0 Å². The molecule has 0 amide bonds. The fraction of sp³-hybridized carbons (Fsp3) is 0.167. The van der Waals surface area contributed by atoms with Gasteiger partial charge in [0.05, 0.1) is 0 Å². The van der Waals surface area contributed by atoms with Crippen LogP contribution in [0, 0.1) is 6.92 Å². The molecule has 0 aliphatic rings. The standard InChI is InChI=1S/C12H12ClN3/c1-9-6-7-14-12(15-9)16-11-4-2-10(8-13)3-5-11/h2-7H,8H2,1H3,(H,14,15,16). The predicted octanol–water partition coefficient (Wildman–Crippen LogP) is 3.27. The molecule has 0 saturated heterocycles. The van der Waals surface area contributed by atoms with Crippen LogP contribution in [0.3, 0.4) is 0 Å². The van der Waals surface area contributed by atoms with Crippen molar-refractivity contribution in [3.05, 3.63) is 47.8 Å². The van der Waals surface area contributed by atoms with Gasteiger partial charge in [-0.25, -0.2) is 9.97 Å². The van der Waals surface area contributed by atoms with E-state index in [4.69, 9.17) is 11.6 Å². The molecule has 0 radical (unpaired) electrons. The number of hydrogen-bond donors (Lipinski definition) is 1. The van der Waals surface area contributed by atoms with Crippen LogP contribution in [0.25, 0.3) is 0 Å². The molecule has 2 aromatic rings. The van der Waals surface area contributed by atoms with Gasteiger partial charge in [-0.1, -0.05) is 12.1 Å². The van der Waals surface area contributed by atoms with Gasteiger partial charge in [0.1, 0.15) is 0 Å². The Balaban J connectivity index is 2.14. The molecule has 0 bridgehead atoms. The number of anilines is 2. The summed E-state index contributed by atoms with van der Waals surface area (Å²) in [5.41, 5.74) is 2.99. The average Bonchev–Trinajstić information content (AvgIpc) is 2.30. The summed E-state index contributed by atoms with van der Waals surface area (Å²) in [5, 5.41) is 3.13. The summed E-state index contributed by atoms with van der Waals surface area (Å²) in [7, 11) is 0. The van der Waals surface area contributed by atoms with E-state index in [0.29, 0.717) is 11.8 Å². The Morgan fingerprint density at radius 1 is 1.19 bits per heavy atom. The zero-order chi connectivity index (χ0) is 11.4. The highest BCUT2D eigenvalue weighted by atomic mass is 35.5. The molecule has 1 aromatic heterocycles. The van der Waals surface area contributed by atoms with E-state index in [2.05, 4.69) is 15.3 Å². The van der Waals surface area contributed by atoms with Crippen molar-refractivity contribution in [2.24, 2.45) is 0 Å². The largest absolute Gasteiger partial charge is 0.324 e. The summed E-state index contributed by atoms with van der Waals surface area (Å²) in [6, 6.07) is 9.74. The van der Waals surface area contributed by atoms with Gasteiger partial charge in [0, 0.05) is 23.5 Å². The number of nitrogens with one attached hydrogen (secondary N) is 1. The Kier molecular flexibility index (Phi) is 3.37. The first-order valence-electron chi connectivity index (χ1n) is 4.99. The first-order valence-corrected chi connectivity index (χ1v) is 5.53. The minimum atomic E-state index is 0.529. The minimum Gasteiger partial charge on any atom is -0.324 e. The molecule has 0 saturated carbocycles. The normalized spacial score (nSPS) is 10.1. The van der Waals surface area contributed by atoms with Crippen LogP contribution in [0.1, 0.15) is 11.3 Å². The number of alkyl halides is 1. The summed E-state index contributed by atoms with van der Waals surface area (Å²) < 4.78 is 0. The maximum absolute atomic E-state index is 5.72. The Bertz CT molecular complexity index is 468. The molecule has 0 aliphatic carbocycles. The molecular weight excluding hydrogens is 222 g/mol. The number of halogens is 1. The maximum atomic E-state index is 5.72. The third-order valence-electron chi connectivity index (χ3n) is 2.16. The Labute approximate surface area is 99.5 Å². The molecule has 3 nitrogen and oxygen atoms in total. The summed E-state index contributed by atoms with van der Waals surface area (Å²) >= 11 is 5.72. The quantitative estimate of drug-likeness (QED) is 0.827. The zero-order valence-corrected chi connectivity index (χ0v) is 9.70. The lowest BCUT2D eigenvalue weighted by Gasteiger charge is -2.05. The Hall–Kier alpha value is -1.61. The molecule has 4 heteroatoms. The summed E-state index contributed by atoms with van der Waals surface area (Å²) in [4.78, 5) is 8.39. The van der Waals surface area contributed by atoms with Crippen molar-refractivity contribution in [1.82, 2.24) is 9.97 Å². The topological polar surface area (TPSA) is 37.8 Å². The minimum absolute atomic E-state index is 0.529. The molecule has 16 heavy (non-hydrogen) atoms. The summed E-state index contributed by atoms with van der Waals surface area (Å²) in [6.45, 7) is 1.93. The van der Waals surface area contributed by atoms with Crippen LogP contribution in [0.15, 0.2) is 36.5 Å². The fourth-order valence-electron chi connectivity index (χ4n) is 1.32. The van der Waals surface area contributed by atoms with Gasteiger partial charge in [0.25, 0.3) is 0 Å². The molecule has 0 spiro atoms. The van der Waals surface area contributed by atoms with Gasteiger partial charge in [0.2, 0.25) is 5.95 Å². The second-order valence-electron chi connectivity index (χ2n) is 3.48. The molecule has 0 fully saturated rings. The van der Waals surface area contributed by atoms with E-state index in [-0.39, 0.29) is 0 Å². The van der Waals surface area contributed by atoms with Crippen LogP contribution in [-0.2, 0) is 5.88 Å². The van der Waals surface area contributed by atoms with Crippen LogP contribution in [0.5, 0.6) is 0 Å². The van der Waals surface area contributed by atoms with Gasteiger partial charge < -0.3 is 5.32 Å². The van der Waals surface area contributed by atoms with Crippen molar-refractivity contribution < 1.29 is 0 Å². The van der Waals surface area contributed by atoms with Gasteiger partial charge >= 0.3 is 0 Å². The van der Waals surface area contributed by atoms with E-state index in [1.165, 1.54) is 0 Å². The highest BCUT2D eigenvalue weighted by molar-refractivity contribution is 6.17. The first kappa shape index (κ1) is 10.9. The second kappa shape index (κ2) is 4.94. The number of nitrogens with zero attached hydrogens (tertiary/aromatic N) is 2. The molecule has 0 unspecified atom stereocenters. The third kappa shape index (κ3) is 2.70. The molecule has 1 heterocycles. The highest BCUT2D eigenvalue weighted by Gasteiger charge is 1.97. The smallest absolute Gasteiger partial charge is 0.227 e. The molecule has 0 aliphatic heterocycles. The van der Waals surface area contributed by atoms with E-state index in [1.54, 1.807) is 6.20 Å². The predicted molar refractivity (Wildman–Crippen MR) is 66.1 cm³/mol. The van der Waals surface area contributed by atoms with Crippen molar-refractivity contribution in [1.29, 1.82) is 0 Å². The van der Waals surface area contributed by atoms with E-state index < -0.39 is 0 Å². The monoisotopic (exact) mass is 233 g/mol. The van der Waals surface area contributed by atoms with Crippen molar-refractivity contribution in [2.45, 2.75) is 12.8 Å². The Morgan fingerprint density at radius 2 is 1.94 bits per heavy atom. The van der Waals surface area contributed by atoms with Gasteiger partial charge in [-0.15, -0.1) is 11.6 Å². The van der Waals surface area contributed by atoms with Gasteiger partial charge in [-0.05, 0) is 30.7 Å². The zero-order valence-electron chi connectivity index (χ0n) is 8.94. The SMILES string of the molecule is Cc1ccnc(Nc2ccc(CCl)cc2)n1.